The van der Waals surface area contributed by atoms with E-state index < -0.39 is 5.54 Å². The molecule has 114 valence electrons. The van der Waals surface area contributed by atoms with E-state index in [4.69, 9.17) is 15.6 Å². The van der Waals surface area contributed by atoms with Crippen LogP contribution >= 0.6 is 0 Å². The molecule has 3 heteroatoms. The van der Waals surface area contributed by atoms with Crippen molar-refractivity contribution < 1.29 is 9.84 Å². The van der Waals surface area contributed by atoms with Gasteiger partial charge in [-0.25, -0.2) is 0 Å². The predicted octanol–water partition coefficient (Wildman–Crippen LogP) is 2.95. The first-order chi connectivity index (χ1) is 8.85. The van der Waals surface area contributed by atoms with Gasteiger partial charge in [-0.15, -0.1) is 0 Å². The summed E-state index contributed by atoms with van der Waals surface area (Å²) in [4.78, 5) is 0. The Labute approximate surface area is 118 Å². The van der Waals surface area contributed by atoms with Crippen LogP contribution in [0.3, 0.4) is 0 Å². The van der Waals surface area contributed by atoms with Crippen LogP contribution in [-0.2, 0) is 4.74 Å². The summed E-state index contributed by atoms with van der Waals surface area (Å²) in [5, 5.41) is 9.13. The highest BCUT2D eigenvalue weighted by Gasteiger charge is 2.31. The first kappa shape index (κ1) is 16.9. The molecule has 0 aromatic rings. The van der Waals surface area contributed by atoms with Crippen LogP contribution in [0.4, 0.5) is 0 Å². The van der Waals surface area contributed by atoms with E-state index in [1.807, 2.05) is 6.92 Å². The minimum Gasteiger partial charge on any atom is -0.394 e. The van der Waals surface area contributed by atoms with E-state index in [9.17, 15) is 0 Å². The van der Waals surface area contributed by atoms with Crippen LogP contribution in [0, 0.1) is 17.8 Å². The van der Waals surface area contributed by atoms with Gasteiger partial charge < -0.3 is 15.6 Å². The Kier molecular flexibility index (Phi) is 6.78. The third-order valence-electron chi connectivity index (χ3n) is 4.55. The molecule has 1 saturated carbocycles. The Bertz CT molecular complexity index is 253. The molecule has 0 aliphatic heterocycles. The van der Waals surface area contributed by atoms with Gasteiger partial charge in [0.15, 0.2) is 0 Å². The maximum atomic E-state index is 9.13. The highest BCUT2D eigenvalue weighted by Crippen LogP contribution is 2.35. The van der Waals surface area contributed by atoms with Crippen molar-refractivity contribution in [3.63, 3.8) is 0 Å². The molecule has 0 heterocycles. The molecule has 0 aromatic carbocycles. The first-order valence-electron chi connectivity index (χ1n) is 7.87. The van der Waals surface area contributed by atoms with E-state index in [2.05, 4.69) is 20.8 Å². The molecule has 0 bridgehead atoms. The summed E-state index contributed by atoms with van der Waals surface area (Å²) in [5.41, 5.74) is 5.47. The fourth-order valence-electron chi connectivity index (χ4n) is 3.10. The molecule has 3 N–H and O–H groups in total. The molecular formula is C16H33NO2. The van der Waals surface area contributed by atoms with Gasteiger partial charge in [0, 0.05) is 12.1 Å². The Hall–Kier alpha value is -0.120. The molecule has 3 nitrogen and oxygen atoms in total. The second-order valence-electron chi connectivity index (χ2n) is 7.15. The zero-order valence-corrected chi connectivity index (χ0v) is 13.2. The monoisotopic (exact) mass is 271 g/mol. The molecule has 0 aromatic heterocycles. The molecule has 4 atom stereocenters. The summed E-state index contributed by atoms with van der Waals surface area (Å²) in [5.74, 6) is 2.20. The summed E-state index contributed by atoms with van der Waals surface area (Å²) < 4.78 is 6.13. The lowest BCUT2D eigenvalue weighted by atomic mass is 9.75. The number of aliphatic hydroxyl groups excluding tert-OH is 1. The van der Waals surface area contributed by atoms with Gasteiger partial charge in [0.2, 0.25) is 0 Å². The van der Waals surface area contributed by atoms with Crippen molar-refractivity contribution in [1.29, 1.82) is 0 Å². The van der Waals surface area contributed by atoms with E-state index in [1.165, 1.54) is 19.3 Å². The Morgan fingerprint density at radius 1 is 1.37 bits per heavy atom. The number of hydrogen-bond donors (Lipinski definition) is 2. The normalized spacial score (nSPS) is 31.4. The molecule has 0 amide bonds. The molecule has 0 radical (unpaired) electrons. The van der Waals surface area contributed by atoms with Crippen LogP contribution in [0.5, 0.6) is 0 Å². The average Bonchev–Trinajstić information content (AvgIpc) is 2.34. The summed E-state index contributed by atoms with van der Waals surface area (Å²) in [6.07, 6.45) is 6.01. The minimum absolute atomic E-state index is 0.0437. The van der Waals surface area contributed by atoms with Crippen LogP contribution in [0.15, 0.2) is 0 Å². The van der Waals surface area contributed by atoms with Gasteiger partial charge in [-0.1, -0.05) is 27.2 Å². The molecule has 1 aliphatic rings. The molecule has 1 aliphatic carbocycles. The highest BCUT2D eigenvalue weighted by atomic mass is 16.5. The molecule has 0 spiro atoms. The van der Waals surface area contributed by atoms with Gasteiger partial charge in [0.1, 0.15) is 0 Å². The largest absolute Gasteiger partial charge is 0.394 e. The zero-order valence-electron chi connectivity index (χ0n) is 13.2. The third-order valence-corrected chi connectivity index (χ3v) is 4.55. The lowest BCUT2D eigenvalue weighted by Gasteiger charge is -2.37. The number of hydrogen-bond acceptors (Lipinski definition) is 3. The smallest absolute Gasteiger partial charge is 0.0608 e. The quantitative estimate of drug-likeness (QED) is 0.700. The van der Waals surface area contributed by atoms with Crippen LogP contribution in [-0.4, -0.2) is 30.0 Å². The van der Waals surface area contributed by atoms with Crippen molar-refractivity contribution in [2.75, 3.05) is 13.2 Å². The summed E-state index contributed by atoms with van der Waals surface area (Å²) in [6.45, 7) is 9.65. The SMILES string of the molecule is CC1CCC(C(C)C)C(OCCCC(C)(N)CO)C1. The van der Waals surface area contributed by atoms with Crippen LogP contribution < -0.4 is 5.73 Å². The average molecular weight is 271 g/mol. The molecular weight excluding hydrogens is 238 g/mol. The standard InChI is InChI=1S/C16H33NO2/c1-12(2)14-7-6-13(3)10-15(14)19-9-5-8-16(4,17)11-18/h12-15,18H,5-11,17H2,1-4H3. The number of ether oxygens (including phenoxy) is 1. The molecule has 0 saturated heterocycles. The lowest BCUT2D eigenvalue weighted by Crippen LogP contribution is -2.40. The number of aliphatic hydroxyl groups is 1. The van der Waals surface area contributed by atoms with Crippen LogP contribution in [0.25, 0.3) is 0 Å². The molecule has 1 fully saturated rings. The summed E-state index contributed by atoms with van der Waals surface area (Å²) >= 11 is 0. The fourth-order valence-corrected chi connectivity index (χ4v) is 3.10. The Morgan fingerprint density at radius 2 is 2.05 bits per heavy atom. The Morgan fingerprint density at radius 3 is 2.63 bits per heavy atom. The highest BCUT2D eigenvalue weighted by molar-refractivity contribution is 4.82. The van der Waals surface area contributed by atoms with Crippen molar-refractivity contribution >= 4 is 0 Å². The maximum Gasteiger partial charge on any atom is 0.0608 e. The maximum absolute atomic E-state index is 9.13. The fraction of sp³-hybridized carbons (Fsp3) is 1.00. The Balaban J connectivity index is 2.32. The van der Waals surface area contributed by atoms with Gasteiger partial charge in [0.05, 0.1) is 12.7 Å². The third kappa shape index (κ3) is 5.80. The number of nitrogens with two attached hydrogens (primary N) is 1. The van der Waals surface area contributed by atoms with Crippen LogP contribution in [0.1, 0.15) is 59.8 Å². The predicted molar refractivity (Wildman–Crippen MR) is 80.0 cm³/mol. The van der Waals surface area contributed by atoms with E-state index in [1.54, 1.807) is 0 Å². The first-order valence-corrected chi connectivity index (χ1v) is 7.87. The molecule has 1 rings (SSSR count). The van der Waals surface area contributed by atoms with E-state index in [0.717, 1.165) is 25.4 Å². The van der Waals surface area contributed by atoms with Gasteiger partial charge in [-0.3, -0.25) is 0 Å². The van der Waals surface area contributed by atoms with E-state index >= 15 is 0 Å². The zero-order chi connectivity index (χ0) is 14.5. The van der Waals surface area contributed by atoms with Crippen molar-refractivity contribution in [2.24, 2.45) is 23.5 Å². The lowest BCUT2D eigenvalue weighted by molar-refractivity contribution is -0.0407. The van der Waals surface area contributed by atoms with Crippen molar-refractivity contribution in [3.8, 4) is 0 Å². The minimum atomic E-state index is -0.458. The van der Waals surface area contributed by atoms with Crippen molar-refractivity contribution in [2.45, 2.75) is 71.4 Å². The van der Waals surface area contributed by atoms with Gasteiger partial charge in [0.25, 0.3) is 0 Å². The van der Waals surface area contributed by atoms with Crippen molar-refractivity contribution in [1.82, 2.24) is 0 Å². The van der Waals surface area contributed by atoms with E-state index in [-0.39, 0.29) is 6.61 Å². The van der Waals surface area contributed by atoms with Crippen molar-refractivity contribution in [3.05, 3.63) is 0 Å². The van der Waals surface area contributed by atoms with Crippen LogP contribution in [0.2, 0.25) is 0 Å². The molecule has 19 heavy (non-hydrogen) atoms. The van der Waals surface area contributed by atoms with Gasteiger partial charge in [-0.05, 0) is 50.4 Å². The van der Waals surface area contributed by atoms with E-state index in [0.29, 0.717) is 17.9 Å². The molecule has 4 unspecified atom stereocenters. The second-order valence-corrected chi connectivity index (χ2v) is 7.15. The second kappa shape index (κ2) is 7.61. The van der Waals surface area contributed by atoms with Gasteiger partial charge in [-0.2, -0.15) is 0 Å². The van der Waals surface area contributed by atoms with Gasteiger partial charge >= 0.3 is 0 Å². The number of rotatable bonds is 7. The summed E-state index contributed by atoms with van der Waals surface area (Å²) in [7, 11) is 0. The summed E-state index contributed by atoms with van der Waals surface area (Å²) in [6, 6.07) is 0. The topological polar surface area (TPSA) is 55.5 Å².